The van der Waals surface area contributed by atoms with Crippen molar-refractivity contribution in [2.24, 2.45) is 0 Å². The summed E-state index contributed by atoms with van der Waals surface area (Å²) in [5.74, 6) is -2.59. The van der Waals surface area contributed by atoms with Crippen molar-refractivity contribution in [3.63, 3.8) is 0 Å². The first kappa shape index (κ1) is 22.3. The standard InChI is InChI=1S/C18H34O7/c1-2-3-4-5-6-7-8-9-10-11-15(21)25-18(13-20)17(23)16(22)14(12-19)24-18/h14,16-17,19-20,22-23H,2-13H2,1H3/t14-,16-,17+,18+/m1/s1. The highest BCUT2D eigenvalue weighted by Gasteiger charge is 2.56. The van der Waals surface area contributed by atoms with Gasteiger partial charge in [0, 0.05) is 6.42 Å². The monoisotopic (exact) mass is 362 g/mol. The van der Waals surface area contributed by atoms with Crippen molar-refractivity contribution in [1.82, 2.24) is 0 Å². The molecular formula is C18H34O7. The summed E-state index contributed by atoms with van der Waals surface area (Å²) in [5, 5.41) is 38.2. The van der Waals surface area contributed by atoms with Crippen LogP contribution >= 0.6 is 0 Å². The lowest BCUT2D eigenvalue weighted by Gasteiger charge is -2.29. The van der Waals surface area contributed by atoms with E-state index >= 15 is 0 Å². The highest BCUT2D eigenvalue weighted by molar-refractivity contribution is 5.69. The van der Waals surface area contributed by atoms with E-state index in [2.05, 4.69) is 6.92 Å². The van der Waals surface area contributed by atoms with Crippen LogP contribution in [0.25, 0.3) is 0 Å². The molecule has 0 aromatic rings. The molecule has 0 aliphatic carbocycles. The van der Waals surface area contributed by atoms with Crippen LogP contribution in [0.1, 0.15) is 71.1 Å². The lowest BCUT2D eigenvalue weighted by Crippen LogP contribution is -2.49. The van der Waals surface area contributed by atoms with Gasteiger partial charge in [-0.05, 0) is 6.42 Å². The molecule has 1 aliphatic heterocycles. The van der Waals surface area contributed by atoms with E-state index in [1.54, 1.807) is 0 Å². The summed E-state index contributed by atoms with van der Waals surface area (Å²) in [4.78, 5) is 11.9. The number of carbonyl (C=O) groups is 1. The van der Waals surface area contributed by atoms with E-state index in [9.17, 15) is 20.1 Å². The quantitative estimate of drug-likeness (QED) is 0.288. The molecule has 4 atom stereocenters. The molecule has 4 N–H and O–H groups in total. The second kappa shape index (κ2) is 11.8. The molecule has 0 bridgehead atoms. The van der Waals surface area contributed by atoms with Crippen LogP contribution in [0, 0.1) is 0 Å². The zero-order chi connectivity index (χ0) is 18.7. The van der Waals surface area contributed by atoms with E-state index in [1.165, 1.54) is 32.1 Å². The van der Waals surface area contributed by atoms with Gasteiger partial charge < -0.3 is 29.9 Å². The molecule has 0 radical (unpaired) electrons. The van der Waals surface area contributed by atoms with Crippen LogP contribution in [0.15, 0.2) is 0 Å². The van der Waals surface area contributed by atoms with Crippen molar-refractivity contribution < 1.29 is 34.7 Å². The lowest BCUT2D eigenvalue weighted by molar-refractivity contribution is -0.264. The van der Waals surface area contributed by atoms with Crippen LogP contribution in [0.3, 0.4) is 0 Å². The van der Waals surface area contributed by atoms with Crippen LogP contribution in [0.5, 0.6) is 0 Å². The zero-order valence-corrected chi connectivity index (χ0v) is 15.2. The number of aliphatic hydroxyl groups is 4. The Kier molecular flexibility index (Phi) is 10.5. The molecule has 1 aliphatic rings. The van der Waals surface area contributed by atoms with Gasteiger partial charge in [-0.2, -0.15) is 0 Å². The molecule has 1 rings (SSSR count). The van der Waals surface area contributed by atoms with Gasteiger partial charge in [0.25, 0.3) is 5.79 Å². The van der Waals surface area contributed by atoms with Gasteiger partial charge in [-0.25, -0.2) is 0 Å². The molecule has 0 unspecified atom stereocenters. The van der Waals surface area contributed by atoms with Crippen molar-refractivity contribution in [1.29, 1.82) is 0 Å². The Hall–Kier alpha value is -0.730. The summed E-state index contributed by atoms with van der Waals surface area (Å²) in [5.41, 5.74) is 0. The molecule has 148 valence electrons. The molecule has 25 heavy (non-hydrogen) atoms. The summed E-state index contributed by atoms with van der Waals surface area (Å²) < 4.78 is 10.3. The van der Waals surface area contributed by atoms with Crippen LogP contribution < -0.4 is 0 Å². The highest BCUT2D eigenvalue weighted by Crippen LogP contribution is 2.32. The van der Waals surface area contributed by atoms with Gasteiger partial charge in [-0.15, -0.1) is 0 Å². The number of carbonyl (C=O) groups excluding carboxylic acids is 1. The third kappa shape index (κ3) is 6.83. The summed E-state index contributed by atoms with van der Waals surface area (Å²) in [6.07, 6.45) is 6.16. The predicted octanol–water partition coefficient (Wildman–Crippen LogP) is 1.25. The predicted molar refractivity (Wildman–Crippen MR) is 91.7 cm³/mol. The molecule has 0 spiro atoms. The zero-order valence-electron chi connectivity index (χ0n) is 15.2. The molecule has 0 aromatic heterocycles. The molecule has 1 saturated heterocycles. The van der Waals surface area contributed by atoms with Gasteiger partial charge in [-0.1, -0.05) is 58.3 Å². The Balaban J connectivity index is 2.22. The molecule has 7 nitrogen and oxygen atoms in total. The average Bonchev–Trinajstić information content (AvgIpc) is 2.85. The van der Waals surface area contributed by atoms with E-state index in [0.29, 0.717) is 6.42 Å². The van der Waals surface area contributed by atoms with Gasteiger partial charge in [0.2, 0.25) is 0 Å². The molecular weight excluding hydrogens is 328 g/mol. The Labute approximate surface area is 150 Å². The fraction of sp³-hybridized carbons (Fsp3) is 0.944. The van der Waals surface area contributed by atoms with Crippen LogP contribution in [0.4, 0.5) is 0 Å². The Morgan fingerprint density at radius 2 is 1.56 bits per heavy atom. The maximum Gasteiger partial charge on any atom is 0.308 e. The van der Waals surface area contributed by atoms with Crippen molar-refractivity contribution >= 4 is 5.97 Å². The van der Waals surface area contributed by atoms with E-state index in [-0.39, 0.29) is 6.42 Å². The van der Waals surface area contributed by atoms with Crippen molar-refractivity contribution in [3.05, 3.63) is 0 Å². The fourth-order valence-corrected chi connectivity index (χ4v) is 3.08. The second-order valence-electron chi connectivity index (χ2n) is 6.80. The van der Waals surface area contributed by atoms with Crippen LogP contribution in [0.2, 0.25) is 0 Å². The fourth-order valence-electron chi connectivity index (χ4n) is 3.08. The van der Waals surface area contributed by atoms with Crippen molar-refractivity contribution in [3.8, 4) is 0 Å². The number of hydrogen-bond acceptors (Lipinski definition) is 7. The van der Waals surface area contributed by atoms with Crippen LogP contribution in [-0.4, -0.2) is 63.7 Å². The largest absolute Gasteiger partial charge is 0.427 e. The number of hydrogen-bond donors (Lipinski definition) is 4. The maximum atomic E-state index is 11.9. The second-order valence-corrected chi connectivity index (χ2v) is 6.80. The van der Waals surface area contributed by atoms with E-state index < -0.39 is 43.3 Å². The van der Waals surface area contributed by atoms with Gasteiger partial charge in [0.15, 0.2) is 6.10 Å². The molecule has 0 saturated carbocycles. The average molecular weight is 362 g/mol. The molecule has 0 amide bonds. The van der Waals surface area contributed by atoms with Gasteiger partial charge in [0.05, 0.1) is 6.61 Å². The van der Waals surface area contributed by atoms with Gasteiger partial charge in [-0.3, -0.25) is 4.79 Å². The van der Waals surface area contributed by atoms with Crippen molar-refractivity contribution in [2.45, 2.75) is 95.2 Å². The number of ether oxygens (including phenoxy) is 2. The Morgan fingerprint density at radius 1 is 1.00 bits per heavy atom. The first-order chi connectivity index (χ1) is 12.0. The summed E-state index contributed by atoms with van der Waals surface area (Å²) in [7, 11) is 0. The summed E-state index contributed by atoms with van der Waals surface area (Å²) in [6.45, 7) is 0.862. The third-order valence-electron chi connectivity index (χ3n) is 4.68. The van der Waals surface area contributed by atoms with E-state index in [1.807, 2.05) is 0 Å². The minimum absolute atomic E-state index is 0.160. The first-order valence-corrected chi connectivity index (χ1v) is 9.48. The van der Waals surface area contributed by atoms with E-state index in [0.717, 1.165) is 19.3 Å². The summed E-state index contributed by atoms with van der Waals surface area (Å²) >= 11 is 0. The number of aliphatic hydroxyl groups excluding tert-OH is 4. The topological polar surface area (TPSA) is 116 Å². The molecule has 1 fully saturated rings. The smallest absolute Gasteiger partial charge is 0.308 e. The first-order valence-electron chi connectivity index (χ1n) is 9.48. The normalized spacial score (nSPS) is 29.1. The number of unbranched alkanes of at least 4 members (excludes halogenated alkanes) is 8. The minimum atomic E-state index is -2.00. The number of esters is 1. The van der Waals surface area contributed by atoms with Crippen molar-refractivity contribution in [2.75, 3.05) is 13.2 Å². The molecule has 0 aromatic carbocycles. The SMILES string of the molecule is CCCCCCCCCCCC(=O)O[C@]1(CO)O[C@H](CO)[C@@H](O)[C@@H]1O. The van der Waals surface area contributed by atoms with Gasteiger partial charge >= 0.3 is 5.97 Å². The highest BCUT2D eigenvalue weighted by atomic mass is 16.8. The molecule has 1 heterocycles. The maximum absolute atomic E-state index is 11.9. The minimum Gasteiger partial charge on any atom is -0.427 e. The van der Waals surface area contributed by atoms with Gasteiger partial charge in [0.1, 0.15) is 18.8 Å². The van der Waals surface area contributed by atoms with E-state index in [4.69, 9.17) is 14.6 Å². The molecule has 7 heteroatoms. The summed E-state index contributed by atoms with van der Waals surface area (Å²) in [6, 6.07) is 0. The number of rotatable bonds is 13. The van der Waals surface area contributed by atoms with Crippen LogP contribution in [-0.2, 0) is 14.3 Å². The lowest BCUT2D eigenvalue weighted by atomic mass is 10.1. The Bertz CT molecular complexity index is 376. The Morgan fingerprint density at radius 3 is 2.04 bits per heavy atom. The third-order valence-corrected chi connectivity index (χ3v) is 4.68.